The molecule has 464 valence electrons. The second-order valence-corrected chi connectivity index (χ2v) is 32.3. The molecule has 0 amide bonds. The van der Waals surface area contributed by atoms with E-state index in [0.717, 1.165) is 104 Å². The maximum atomic E-state index is 12.9. The molecular formula is C76H102N2O8. The normalized spacial score (nSPS) is 13.7. The van der Waals surface area contributed by atoms with Crippen LogP contribution in [0.2, 0.25) is 0 Å². The van der Waals surface area contributed by atoms with Crippen molar-refractivity contribution < 1.29 is 38.7 Å². The van der Waals surface area contributed by atoms with Gasteiger partial charge in [0.1, 0.15) is 36.2 Å². The van der Waals surface area contributed by atoms with Crippen LogP contribution in [0.5, 0.6) is 23.0 Å². The van der Waals surface area contributed by atoms with Gasteiger partial charge in [0.15, 0.2) is 13.2 Å². The van der Waals surface area contributed by atoms with E-state index in [2.05, 4.69) is 197 Å². The largest absolute Gasteiger partial charge is 0.488 e. The standard InChI is InChI=1S/C76H102N2O8/c1-69(2,3)45-73(13,14)59-33-51-29-55-37-61(75(17,18)47-71(7,8)9)39-57(67(55)85-43-63(79)80)31-53-35-60(74(15,16)46-70(4,5)6)36-54(66(53)84-42-50-23-27-78-28-24-50)32-58-40-62(76(19,20)48-72(10,11)12)38-56(68(58)86-44-64(81)82)30-52(34-59)65(51)83-41-49-21-25-77-26-22-49/h21-28,33-40H,29-32,41-48H2,1-20H3,(H,79,80)(H,81,82). The van der Waals surface area contributed by atoms with Crippen molar-refractivity contribution in [1.82, 2.24) is 9.97 Å². The summed E-state index contributed by atoms with van der Waals surface area (Å²) in [4.78, 5) is 34.5. The number of rotatable bonds is 20. The number of fused-ring (bicyclic) bond motifs is 8. The summed E-state index contributed by atoms with van der Waals surface area (Å²) < 4.78 is 28.1. The molecule has 0 aliphatic heterocycles. The molecule has 1 aliphatic carbocycles. The van der Waals surface area contributed by atoms with Gasteiger partial charge in [-0.3, -0.25) is 9.97 Å². The smallest absolute Gasteiger partial charge is 0.341 e. The van der Waals surface area contributed by atoms with E-state index in [1.807, 2.05) is 24.3 Å². The van der Waals surface area contributed by atoms with E-state index in [1.165, 1.54) is 0 Å². The van der Waals surface area contributed by atoms with Crippen molar-refractivity contribution in [2.24, 2.45) is 21.7 Å². The third kappa shape index (κ3) is 18.2. The summed E-state index contributed by atoms with van der Waals surface area (Å²) in [6.07, 6.45) is 11.9. The number of carbonyl (C=O) groups is 2. The average Bonchev–Trinajstić information content (AvgIpc) is 1.19. The van der Waals surface area contributed by atoms with Crippen LogP contribution < -0.4 is 18.9 Å². The monoisotopic (exact) mass is 1170 g/mol. The van der Waals surface area contributed by atoms with Crippen LogP contribution >= 0.6 is 0 Å². The fourth-order valence-electron chi connectivity index (χ4n) is 14.4. The number of aromatic nitrogens is 2. The Morgan fingerprint density at radius 2 is 0.547 bits per heavy atom. The number of nitrogens with zero attached hydrogens (tertiary/aromatic N) is 2. The van der Waals surface area contributed by atoms with Gasteiger partial charge < -0.3 is 29.2 Å². The summed E-state index contributed by atoms with van der Waals surface area (Å²) in [6, 6.07) is 26.1. The van der Waals surface area contributed by atoms with E-state index >= 15 is 0 Å². The number of benzene rings is 4. The minimum Gasteiger partial charge on any atom is -0.488 e. The van der Waals surface area contributed by atoms with E-state index in [9.17, 15) is 19.8 Å². The van der Waals surface area contributed by atoms with Crippen LogP contribution in [-0.4, -0.2) is 45.3 Å². The first kappa shape index (κ1) is 66.8. The number of carboxylic acids is 2. The molecule has 2 heterocycles. The molecule has 0 saturated heterocycles. The molecule has 2 N–H and O–H groups in total. The first-order valence-corrected chi connectivity index (χ1v) is 31.0. The predicted octanol–water partition coefficient (Wildman–Crippen LogP) is 18.1. The summed E-state index contributed by atoms with van der Waals surface area (Å²) in [5, 5.41) is 21.1. The van der Waals surface area contributed by atoms with Gasteiger partial charge in [-0.2, -0.15) is 0 Å². The molecule has 0 atom stereocenters. The van der Waals surface area contributed by atoms with Gasteiger partial charge in [0.05, 0.1) is 0 Å². The molecule has 0 radical (unpaired) electrons. The molecule has 10 heteroatoms. The molecule has 8 bridgehead atoms. The third-order valence-corrected chi connectivity index (χ3v) is 16.5. The lowest BCUT2D eigenvalue weighted by Gasteiger charge is -2.36. The lowest BCUT2D eigenvalue weighted by molar-refractivity contribution is -0.140. The van der Waals surface area contributed by atoms with Crippen LogP contribution in [0.4, 0.5) is 0 Å². The van der Waals surface area contributed by atoms with Crippen molar-refractivity contribution in [3.8, 4) is 23.0 Å². The summed E-state index contributed by atoms with van der Waals surface area (Å²) >= 11 is 0. The number of pyridine rings is 2. The van der Waals surface area contributed by atoms with E-state index in [-0.39, 0.29) is 56.5 Å². The van der Waals surface area contributed by atoms with E-state index in [0.29, 0.717) is 48.7 Å². The maximum Gasteiger partial charge on any atom is 0.341 e. The molecular weight excluding hydrogens is 1070 g/mol. The van der Waals surface area contributed by atoms with Gasteiger partial charge in [0, 0.05) is 50.5 Å². The molecule has 0 spiro atoms. The highest BCUT2D eigenvalue weighted by Crippen LogP contribution is 2.49. The lowest BCUT2D eigenvalue weighted by Crippen LogP contribution is -2.26. The van der Waals surface area contributed by atoms with Gasteiger partial charge in [-0.05, 0) is 171 Å². The highest BCUT2D eigenvalue weighted by molar-refractivity contribution is 5.70. The SMILES string of the molecule is CC(C)(C)CC(C)(C)c1cc2c(OCC(=O)O)c(c1)Cc1cc(C(C)(C)CC(C)(C)C)cc(c1OCc1ccncc1)Cc1cc(C(C)(C)CC(C)(C)C)cc(c1OCC(=O)O)Cc1cc(C(C)(C)CC(C)(C)C)cc(c1OCc1ccncc1)C2. The van der Waals surface area contributed by atoms with Gasteiger partial charge >= 0.3 is 11.9 Å². The van der Waals surface area contributed by atoms with E-state index in [4.69, 9.17) is 18.9 Å². The lowest BCUT2D eigenvalue weighted by atomic mass is 9.70. The van der Waals surface area contributed by atoms with Gasteiger partial charge in [-0.1, -0.05) is 187 Å². The highest BCUT2D eigenvalue weighted by atomic mass is 16.5. The molecule has 2 aromatic heterocycles. The summed E-state index contributed by atoms with van der Waals surface area (Å²) in [5.41, 5.74) is 12.0. The zero-order valence-corrected chi connectivity index (χ0v) is 56.0. The van der Waals surface area contributed by atoms with Crippen molar-refractivity contribution in [3.05, 3.63) is 175 Å². The zero-order chi connectivity index (χ0) is 63.6. The van der Waals surface area contributed by atoms with Crippen LogP contribution in [0, 0.1) is 21.7 Å². The zero-order valence-electron chi connectivity index (χ0n) is 56.0. The molecule has 10 nitrogen and oxygen atoms in total. The molecule has 0 fully saturated rings. The second kappa shape index (κ2) is 25.6. The Hall–Kier alpha value is -6.68. The van der Waals surface area contributed by atoms with E-state index < -0.39 is 25.2 Å². The third-order valence-electron chi connectivity index (χ3n) is 16.5. The van der Waals surface area contributed by atoms with Crippen LogP contribution in [0.3, 0.4) is 0 Å². The maximum absolute atomic E-state index is 12.9. The summed E-state index contributed by atoms with van der Waals surface area (Å²) in [5.74, 6) is 0.299. The molecule has 7 rings (SSSR count). The number of hydrogen-bond acceptors (Lipinski definition) is 8. The Morgan fingerprint density at radius 3 is 0.733 bits per heavy atom. The summed E-state index contributed by atoms with van der Waals surface area (Å²) in [7, 11) is 0. The number of aliphatic carboxylic acids is 2. The fourth-order valence-corrected chi connectivity index (χ4v) is 14.4. The van der Waals surface area contributed by atoms with Crippen molar-refractivity contribution in [1.29, 1.82) is 0 Å². The molecule has 6 aromatic rings. The van der Waals surface area contributed by atoms with Gasteiger partial charge in [-0.25, -0.2) is 9.59 Å². The average molecular weight is 1170 g/mol. The van der Waals surface area contributed by atoms with Gasteiger partial charge in [0.2, 0.25) is 0 Å². The Morgan fingerprint density at radius 1 is 0.349 bits per heavy atom. The molecule has 4 aromatic carbocycles. The Bertz CT molecular complexity index is 3040. The number of ether oxygens (including phenoxy) is 4. The first-order valence-electron chi connectivity index (χ1n) is 31.0. The predicted molar refractivity (Wildman–Crippen MR) is 349 cm³/mol. The molecule has 86 heavy (non-hydrogen) atoms. The van der Waals surface area contributed by atoms with Crippen LogP contribution in [-0.2, 0) is 70.1 Å². The topological polar surface area (TPSA) is 137 Å². The molecule has 0 unspecified atom stereocenters. The molecule has 1 aliphatic rings. The van der Waals surface area contributed by atoms with Crippen molar-refractivity contribution in [2.45, 2.75) is 225 Å². The van der Waals surface area contributed by atoms with E-state index in [1.54, 1.807) is 24.8 Å². The Kier molecular flexibility index (Phi) is 19.9. The summed E-state index contributed by atoms with van der Waals surface area (Å²) in [6.45, 7) is 45.3. The highest BCUT2D eigenvalue weighted by Gasteiger charge is 2.36. The Labute approximate surface area is 516 Å². The number of hydrogen-bond donors (Lipinski definition) is 2. The van der Waals surface area contributed by atoms with Crippen LogP contribution in [0.1, 0.15) is 242 Å². The Balaban J connectivity index is 1.73. The van der Waals surface area contributed by atoms with Gasteiger partial charge in [0.25, 0.3) is 0 Å². The fraction of sp³-hybridized carbons (Fsp3) is 0.526. The van der Waals surface area contributed by atoms with Crippen LogP contribution in [0.15, 0.2) is 97.6 Å². The number of carboxylic acid groups (broad SMARTS) is 2. The quantitative estimate of drug-likeness (QED) is 0.0759. The second-order valence-electron chi connectivity index (χ2n) is 32.3. The first-order chi connectivity index (χ1) is 39.7. The van der Waals surface area contributed by atoms with Crippen molar-refractivity contribution in [3.63, 3.8) is 0 Å². The van der Waals surface area contributed by atoms with Crippen molar-refractivity contribution in [2.75, 3.05) is 13.2 Å². The molecule has 0 saturated carbocycles. The van der Waals surface area contributed by atoms with Gasteiger partial charge in [-0.15, -0.1) is 0 Å². The van der Waals surface area contributed by atoms with Crippen molar-refractivity contribution >= 4 is 11.9 Å². The van der Waals surface area contributed by atoms with Crippen LogP contribution in [0.25, 0.3) is 0 Å². The minimum atomic E-state index is -1.07. The minimum absolute atomic E-state index is 0.0352.